The molecule has 5 nitrogen and oxygen atoms in total. The zero-order chi connectivity index (χ0) is 13.0. The van der Waals surface area contributed by atoms with Gasteiger partial charge in [-0.25, -0.2) is 9.97 Å². The molecule has 0 saturated carbocycles. The number of hydrogen-bond donors (Lipinski definition) is 2. The average molecular weight is 243 g/mol. The molecule has 18 heavy (non-hydrogen) atoms. The van der Waals surface area contributed by atoms with Crippen LogP contribution in [-0.4, -0.2) is 27.0 Å². The van der Waals surface area contributed by atoms with Gasteiger partial charge in [0, 0.05) is 48.0 Å². The van der Waals surface area contributed by atoms with E-state index in [1.165, 1.54) is 0 Å². The zero-order valence-corrected chi connectivity index (χ0v) is 10.6. The molecule has 0 aliphatic heterocycles. The smallest absolute Gasteiger partial charge is 0.222 e. The first kappa shape index (κ1) is 12.4. The maximum atomic E-state index is 5.88. The molecule has 3 N–H and O–H groups in total. The maximum absolute atomic E-state index is 5.88. The molecule has 2 aromatic rings. The molecule has 0 atom stereocenters. The Hall–Kier alpha value is -2.01. The van der Waals surface area contributed by atoms with Crippen LogP contribution in [0.15, 0.2) is 36.9 Å². The number of aromatic nitrogens is 3. The van der Waals surface area contributed by atoms with Crippen molar-refractivity contribution in [3.8, 4) is 11.1 Å². The van der Waals surface area contributed by atoms with Crippen molar-refractivity contribution in [3.05, 3.63) is 36.9 Å². The molecular weight excluding hydrogens is 226 g/mol. The van der Waals surface area contributed by atoms with Crippen molar-refractivity contribution in [1.29, 1.82) is 0 Å². The van der Waals surface area contributed by atoms with Gasteiger partial charge in [-0.05, 0) is 19.9 Å². The second-order valence-corrected chi connectivity index (χ2v) is 4.88. The lowest BCUT2D eigenvalue weighted by atomic mass is 10.1. The lowest BCUT2D eigenvalue weighted by molar-refractivity contribution is 0.547. The lowest BCUT2D eigenvalue weighted by Crippen LogP contribution is -2.39. The topological polar surface area (TPSA) is 76.7 Å². The molecule has 0 spiro atoms. The van der Waals surface area contributed by atoms with Gasteiger partial charge in [-0.3, -0.25) is 4.98 Å². The van der Waals surface area contributed by atoms with Crippen molar-refractivity contribution in [2.24, 2.45) is 5.73 Å². The summed E-state index contributed by atoms with van der Waals surface area (Å²) in [6.07, 6.45) is 7.07. The summed E-state index contributed by atoms with van der Waals surface area (Å²) in [5.41, 5.74) is 7.54. The molecule has 94 valence electrons. The summed E-state index contributed by atoms with van der Waals surface area (Å²) < 4.78 is 0. The number of rotatable bonds is 4. The van der Waals surface area contributed by atoms with Crippen LogP contribution < -0.4 is 11.1 Å². The minimum Gasteiger partial charge on any atom is -0.352 e. The molecule has 2 aromatic heterocycles. The predicted octanol–water partition coefficient (Wildman–Crippen LogP) is 1.69. The van der Waals surface area contributed by atoms with Crippen LogP contribution in [0.5, 0.6) is 0 Å². The van der Waals surface area contributed by atoms with Crippen LogP contribution >= 0.6 is 0 Å². The number of nitrogens with two attached hydrogens (primary N) is 1. The summed E-state index contributed by atoms with van der Waals surface area (Å²) in [7, 11) is 0. The highest BCUT2D eigenvalue weighted by Gasteiger charge is 2.10. The molecule has 0 amide bonds. The first-order valence-electron chi connectivity index (χ1n) is 5.80. The Morgan fingerprint density at radius 2 is 1.89 bits per heavy atom. The van der Waals surface area contributed by atoms with Gasteiger partial charge >= 0.3 is 0 Å². The molecule has 0 radical (unpaired) electrons. The SMILES string of the molecule is CC(C)(N)CNc1ncc(-c2cccnc2)cn1. The molecule has 5 heteroatoms. The van der Waals surface area contributed by atoms with Crippen LogP contribution in [0.2, 0.25) is 0 Å². The Morgan fingerprint density at radius 3 is 2.44 bits per heavy atom. The fourth-order valence-electron chi connectivity index (χ4n) is 1.41. The minimum absolute atomic E-state index is 0.286. The minimum atomic E-state index is -0.286. The van der Waals surface area contributed by atoms with Crippen molar-refractivity contribution in [2.75, 3.05) is 11.9 Å². The Labute approximate surface area is 106 Å². The molecule has 0 aliphatic carbocycles. The summed E-state index contributed by atoms with van der Waals surface area (Å²) in [5, 5.41) is 3.10. The van der Waals surface area contributed by atoms with Crippen LogP contribution in [0.4, 0.5) is 5.95 Å². The van der Waals surface area contributed by atoms with Crippen molar-refractivity contribution >= 4 is 5.95 Å². The Balaban J connectivity index is 2.07. The van der Waals surface area contributed by atoms with Gasteiger partial charge in [-0.15, -0.1) is 0 Å². The van der Waals surface area contributed by atoms with Gasteiger partial charge in [0.05, 0.1) is 0 Å². The van der Waals surface area contributed by atoms with Crippen LogP contribution in [0.1, 0.15) is 13.8 Å². The maximum Gasteiger partial charge on any atom is 0.222 e. The third kappa shape index (κ3) is 3.49. The highest BCUT2D eigenvalue weighted by Crippen LogP contribution is 2.16. The number of hydrogen-bond acceptors (Lipinski definition) is 5. The van der Waals surface area contributed by atoms with E-state index >= 15 is 0 Å². The molecule has 0 saturated heterocycles. The van der Waals surface area contributed by atoms with Crippen molar-refractivity contribution in [3.63, 3.8) is 0 Å². The van der Waals surface area contributed by atoms with Crippen LogP contribution in [0.3, 0.4) is 0 Å². The van der Waals surface area contributed by atoms with Crippen LogP contribution in [-0.2, 0) is 0 Å². The Kier molecular flexibility index (Phi) is 3.53. The fourth-order valence-corrected chi connectivity index (χ4v) is 1.41. The predicted molar refractivity (Wildman–Crippen MR) is 72.0 cm³/mol. The molecule has 0 aliphatic rings. The van der Waals surface area contributed by atoms with E-state index in [1.807, 2.05) is 26.0 Å². The van der Waals surface area contributed by atoms with E-state index in [0.717, 1.165) is 11.1 Å². The quantitative estimate of drug-likeness (QED) is 0.854. The van der Waals surface area contributed by atoms with Crippen LogP contribution in [0, 0.1) is 0 Å². The molecule has 2 heterocycles. The molecule has 0 bridgehead atoms. The van der Waals surface area contributed by atoms with E-state index in [2.05, 4.69) is 20.3 Å². The third-order valence-corrected chi connectivity index (χ3v) is 2.35. The number of anilines is 1. The summed E-state index contributed by atoms with van der Waals surface area (Å²) >= 11 is 0. The molecule has 0 unspecified atom stereocenters. The first-order chi connectivity index (χ1) is 8.54. The summed E-state index contributed by atoms with van der Waals surface area (Å²) in [4.78, 5) is 12.6. The summed E-state index contributed by atoms with van der Waals surface area (Å²) in [5.74, 6) is 0.584. The lowest BCUT2D eigenvalue weighted by Gasteiger charge is -2.18. The monoisotopic (exact) mass is 243 g/mol. The van der Waals surface area contributed by atoms with Crippen molar-refractivity contribution in [2.45, 2.75) is 19.4 Å². The van der Waals surface area contributed by atoms with Gasteiger partial charge in [0.2, 0.25) is 5.95 Å². The summed E-state index contributed by atoms with van der Waals surface area (Å²) in [6.45, 7) is 4.52. The van der Waals surface area contributed by atoms with E-state index < -0.39 is 0 Å². The van der Waals surface area contributed by atoms with E-state index in [4.69, 9.17) is 5.73 Å². The van der Waals surface area contributed by atoms with Gasteiger partial charge < -0.3 is 11.1 Å². The van der Waals surface area contributed by atoms with E-state index in [1.54, 1.807) is 24.8 Å². The number of nitrogens with one attached hydrogen (secondary N) is 1. The molecular formula is C13H17N5. The van der Waals surface area contributed by atoms with E-state index in [9.17, 15) is 0 Å². The number of pyridine rings is 1. The van der Waals surface area contributed by atoms with Gasteiger partial charge in [0.15, 0.2) is 0 Å². The second-order valence-electron chi connectivity index (χ2n) is 4.88. The third-order valence-electron chi connectivity index (χ3n) is 2.35. The highest BCUT2D eigenvalue weighted by molar-refractivity contribution is 5.60. The van der Waals surface area contributed by atoms with E-state index in [0.29, 0.717) is 12.5 Å². The van der Waals surface area contributed by atoms with Gasteiger partial charge in [-0.2, -0.15) is 0 Å². The number of nitrogens with zero attached hydrogens (tertiary/aromatic N) is 3. The van der Waals surface area contributed by atoms with Gasteiger partial charge in [0.25, 0.3) is 0 Å². The zero-order valence-electron chi connectivity index (χ0n) is 10.6. The van der Waals surface area contributed by atoms with Crippen molar-refractivity contribution in [1.82, 2.24) is 15.0 Å². The normalized spacial score (nSPS) is 11.3. The van der Waals surface area contributed by atoms with Gasteiger partial charge in [-0.1, -0.05) is 6.07 Å². The second kappa shape index (κ2) is 5.10. The molecule has 0 aromatic carbocycles. The van der Waals surface area contributed by atoms with Gasteiger partial charge in [0.1, 0.15) is 0 Å². The standard InChI is InChI=1S/C13H17N5/c1-13(2,14)9-18-12-16-7-11(8-17-12)10-4-3-5-15-6-10/h3-8H,9,14H2,1-2H3,(H,16,17,18). The molecule has 0 fully saturated rings. The van der Waals surface area contributed by atoms with Crippen molar-refractivity contribution < 1.29 is 0 Å². The largest absolute Gasteiger partial charge is 0.352 e. The Bertz CT molecular complexity index is 487. The van der Waals surface area contributed by atoms with E-state index in [-0.39, 0.29) is 5.54 Å². The highest BCUT2D eigenvalue weighted by atomic mass is 15.1. The Morgan fingerprint density at radius 1 is 1.17 bits per heavy atom. The van der Waals surface area contributed by atoms with Crippen LogP contribution in [0.25, 0.3) is 11.1 Å². The average Bonchev–Trinajstić information content (AvgIpc) is 2.37. The first-order valence-corrected chi connectivity index (χ1v) is 5.80. The summed E-state index contributed by atoms with van der Waals surface area (Å²) in [6, 6.07) is 3.86. The molecule has 2 rings (SSSR count). The fraction of sp³-hybridized carbons (Fsp3) is 0.308.